The molecule has 5 rings (SSSR count). The van der Waals surface area contributed by atoms with Crippen LogP contribution in [0.3, 0.4) is 0 Å². The van der Waals surface area contributed by atoms with E-state index in [1.54, 1.807) is 16.9 Å². The van der Waals surface area contributed by atoms with Gasteiger partial charge in [-0.25, -0.2) is 9.50 Å². The molecule has 0 unspecified atom stereocenters. The number of rotatable bonds is 5. The van der Waals surface area contributed by atoms with Gasteiger partial charge < -0.3 is 14.9 Å². The maximum atomic E-state index is 12.0. The Balaban J connectivity index is 1.22. The lowest BCUT2D eigenvalue weighted by atomic mass is 10.2. The number of nitrogens with zero attached hydrogens (tertiary/aromatic N) is 6. The molecule has 0 amide bonds. The van der Waals surface area contributed by atoms with E-state index < -0.39 is 0 Å². The third-order valence-corrected chi connectivity index (χ3v) is 5.59. The summed E-state index contributed by atoms with van der Waals surface area (Å²) in [7, 11) is 0. The number of anilines is 1. The average Bonchev–Trinajstić information content (AvgIpc) is 3.43. The second-order valence-corrected chi connectivity index (χ2v) is 7.53. The van der Waals surface area contributed by atoms with Crippen LogP contribution in [-0.2, 0) is 13.0 Å². The molecule has 0 aliphatic carbocycles. The summed E-state index contributed by atoms with van der Waals surface area (Å²) >= 11 is 0. The molecule has 1 aliphatic rings. The van der Waals surface area contributed by atoms with E-state index in [4.69, 9.17) is 0 Å². The number of hydrogen-bond acceptors (Lipinski definition) is 6. The lowest BCUT2D eigenvalue weighted by Gasteiger charge is -2.35. The van der Waals surface area contributed by atoms with Gasteiger partial charge in [0.1, 0.15) is 11.3 Å². The van der Waals surface area contributed by atoms with Crippen molar-refractivity contribution in [3.63, 3.8) is 0 Å². The Morgan fingerprint density at radius 1 is 1.13 bits per heavy atom. The summed E-state index contributed by atoms with van der Waals surface area (Å²) < 4.78 is 1.78. The summed E-state index contributed by atoms with van der Waals surface area (Å²) in [5.74, 6) is 0.784. The predicted molar refractivity (Wildman–Crippen MR) is 114 cm³/mol. The summed E-state index contributed by atoms with van der Waals surface area (Å²) in [5, 5.41) is 4.64. The molecule has 2 N–H and O–H groups in total. The van der Waals surface area contributed by atoms with Crippen LogP contribution in [0.25, 0.3) is 17.2 Å². The zero-order chi connectivity index (χ0) is 20.5. The molecule has 9 nitrogen and oxygen atoms in total. The SMILES string of the molecule is CCc1cn2nc(CN3CCN(c4ccc(-c5ncc[nH]5)nc4)CC3)cc2[nH]c1=O. The summed E-state index contributed by atoms with van der Waals surface area (Å²) in [6.45, 7) is 6.52. The summed E-state index contributed by atoms with van der Waals surface area (Å²) in [6, 6.07) is 6.07. The van der Waals surface area contributed by atoms with Gasteiger partial charge in [-0.15, -0.1) is 0 Å². The quantitative estimate of drug-likeness (QED) is 0.525. The molecule has 1 aliphatic heterocycles. The molecule has 0 saturated carbocycles. The Morgan fingerprint density at radius 3 is 2.70 bits per heavy atom. The number of piperazine rings is 1. The number of H-pyrrole nitrogens is 2. The highest BCUT2D eigenvalue weighted by Crippen LogP contribution is 2.19. The monoisotopic (exact) mass is 404 g/mol. The number of imidazole rings is 1. The third-order valence-electron chi connectivity index (χ3n) is 5.59. The van der Waals surface area contributed by atoms with Crippen molar-refractivity contribution in [2.24, 2.45) is 0 Å². The molecule has 0 bridgehead atoms. The highest BCUT2D eigenvalue weighted by molar-refractivity contribution is 5.54. The van der Waals surface area contributed by atoms with Crippen molar-refractivity contribution in [3.05, 3.63) is 64.6 Å². The van der Waals surface area contributed by atoms with Gasteiger partial charge in [-0.05, 0) is 18.6 Å². The third kappa shape index (κ3) is 3.59. The minimum Gasteiger partial charge on any atom is -0.368 e. The van der Waals surface area contributed by atoms with E-state index in [-0.39, 0.29) is 5.56 Å². The van der Waals surface area contributed by atoms with Crippen LogP contribution in [0.5, 0.6) is 0 Å². The Hall–Kier alpha value is -3.46. The largest absolute Gasteiger partial charge is 0.368 e. The lowest BCUT2D eigenvalue weighted by Crippen LogP contribution is -2.46. The first kappa shape index (κ1) is 18.6. The molecule has 30 heavy (non-hydrogen) atoms. The second kappa shape index (κ2) is 7.75. The van der Waals surface area contributed by atoms with Gasteiger partial charge in [0.05, 0.1) is 17.6 Å². The van der Waals surface area contributed by atoms with Crippen molar-refractivity contribution in [1.29, 1.82) is 0 Å². The van der Waals surface area contributed by atoms with Crippen LogP contribution >= 0.6 is 0 Å². The van der Waals surface area contributed by atoms with Crippen LogP contribution in [0.15, 0.2) is 47.8 Å². The molecule has 9 heteroatoms. The maximum Gasteiger partial charge on any atom is 0.254 e. The van der Waals surface area contributed by atoms with Gasteiger partial charge in [0.25, 0.3) is 5.56 Å². The standard InChI is InChI=1S/C21H24N8O/c1-2-15-13-29-19(25-21(15)30)11-16(26-29)14-27-7-9-28(10-8-27)17-3-4-18(24-12-17)20-22-5-6-23-20/h3-6,11-13H,2,7-10,14H2,1H3,(H,22,23)(H,25,30). The zero-order valence-corrected chi connectivity index (χ0v) is 16.9. The first-order chi connectivity index (χ1) is 14.7. The molecule has 1 fully saturated rings. The lowest BCUT2D eigenvalue weighted by molar-refractivity contribution is 0.247. The van der Waals surface area contributed by atoms with Crippen LogP contribution in [-0.4, -0.2) is 60.6 Å². The van der Waals surface area contributed by atoms with Gasteiger partial charge in [0.15, 0.2) is 5.82 Å². The van der Waals surface area contributed by atoms with Crippen molar-refractivity contribution in [2.45, 2.75) is 19.9 Å². The summed E-state index contributed by atoms with van der Waals surface area (Å²) in [5.41, 5.74) is 4.40. The van der Waals surface area contributed by atoms with Crippen LogP contribution in [0, 0.1) is 0 Å². The normalized spacial score (nSPS) is 15.2. The fraction of sp³-hybridized carbons (Fsp3) is 0.333. The van der Waals surface area contributed by atoms with Crippen molar-refractivity contribution in [3.8, 4) is 11.5 Å². The highest BCUT2D eigenvalue weighted by atomic mass is 16.1. The van der Waals surface area contributed by atoms with E-state index in [0.717, 1.165) is 66.8 Å². The number of nitrogens with one attached hydrogen (secondary N) is 2. The van der Waals surface area contributed by atoms with Crippen LogP contribution in [0.1, 0.15) is 18.2 Å². The zero-order valence-electron chi connectivity index (χ0n) is 16.9. The number of aromatic amines is 2. The fourth-order valence-electron chi connectivity index (χ4n) is 3.88. The first-order valence-corrected chi connectivity index (χ1v) is 10.2. The predicted octanol–water partition coefficient (Wildman–Crippen LogP) is 1.69. The number of pyridine rings is 1. The average molecular weight is 404 g/mol. The van der Waals surface area contributed by atoms with Crippen molar-refractivity contribution < 1.29 is 0 Å². The van der Waals surface area contributed by atoms with E-state index in [0.29, 0.717) is 6.42 Å². The smallest absolute Gasteiger partial charge is 0.254 e. The minimum absolute atomic E-state index is 0.0308. The maximum absolute atomic E-state index is 12.0. The van der Waals surface area contributed by atoms with E-state index in [2.05, 4.69) is 40.9 Å². The molecule has 0 aromatic carbocycles. The molecule has 1 saturated heterocycles. The van der Waals surface area contributed by atoms with Gasteiger partial charge >= 0.3 is 0 Å². The molecule has 5 heterocycles. The molecule has 0 radical (unpaired) electrons. The van der Waals surface area contributed by atoms with Gasteiger partial charge in [0, 0.05) is 62.9 Å². The Labute approximate surface area is 173 Å². The van der Waals surface area contributed by atoms with Gasteiger partial charge in [-0.1, -0.05) is 6.92 Å². The van der Waals surface area contributed by atoms with E-state index >= 15 is 0 Å². The van der Waals surface area contributed by atoms with E-state index in [9.17, 15) is 4.79 Å². The number of hydrogen-bond donors (Lipinski definition) is 2. The number of fused-ring (bicyclic) bond motifs is 1. The number of aryl methyl sites for hydroxylation is 1. The van der Waals surface area contributed by atoms with Crippen molar-refractivity contribution in [1.82, 2.24) is 34.4 Å². The van der Waals surface area contributed by atoms with Crippen molar-refractivity contribution >= 4 is 11.3 Å². The number of aromatic nitrogens is 6. The summed E-state index contributed by atoms with van der Waals surface area (Å²) in [6.07, 6.45) is 7.97. The topological polar surface area (TPSA) is 98.2 Å². The highest BCUT2D eigenvalue weighted by Gasteiger charge is 2.19. The van der Waals surface area contributed by atoms with E-state index in [1.807, 2.05) is 31.5 Å². The van der Waals surface area contributed by atoms with Crippen LogP contribution in [0.2, 0.25) is 0 Å². The molecular weight excluding hydrogens is 380 g/mol. The molecule has 4 aromatic heterocycles. The van der Waals surface area contributed by atoms with E-state index in [1.165, 1.54) is 0 Å². The van der Waals surface area contributed by atoms with Gasteiger partial charge in [0.2, 0.25) is 0 Å². The Kier molecular flexibility index (Phi) is 4.80. The van der Waals surface area contributed by atoms with Crippen LogP contribution in [0.4, 0.5) is 5.69 Å². The molecule has 154 valence electrons. The second-order valence-electron chi connectivity index (χ2n) is 7.53. The van der Waals surface area contributed by atoms with Crippen LogP contribution < -0.4 is 10.5 Å². The van der Waals surface area contributed by atoms with Gasteiger partial charge in [-0.3, -0.25) is 14.7 Å². The van der Waals surface area contributed by atoms with Crippen molar-refractivity contribution in [2.75, 3.05) is 31.1 Å². The minimum atomic E-state index is -0.0308. The first-order valence-electron chi connectivity index (χ1n) is 10.2. The Bertz CT molecular complexity index is 1180. The molecule has 0 atom stereocenters. The molecule has 4 aromatic rings. The summed E-state index contributed by atoms with van der Waals surface area (Å²) in [4.78, 5) is 31.5. The molecular formula is C21H24N8O. The fourth-order valence-corrected chi connectivity index (χ4v) is 3.88. The Morgan fingerprint density at radius 2 is 2.00 bits per heavy atom. The van der Waals surface area contributed by atoms with Gasteiger partial charge in [-0.2, -0.15) is 5.10 Å². The molecule has 0 spiro atoms.